The van der Waals surface area contributed by atoms with Crippen LogP contribution in [0.15, 0.2) is 52.9 Å². The van der Waals surface area contributed by atoms with Crippen molar-refractivity contribution in [2.45, 2.75) is 6.92 Å². The lowest BCUT2D eigenvalue weighted by atomic mass is 10.1. The van der Waals surface area contributed by atoms with Crippen molar-refractivity contribution < 1.29 is 18.9 Å². The molecule has 132 valence electrons. The van der Waals surface area contributed by atoms with Crippen LogP contribution in [0.4, 0.5) is 11.4 Å². The molecular weight excluding hydrogens is 338 g/mol. The highest BCUT2D eigenvalue weighted by Gasteiger charge is 2.15. The van der Waals surface area contributed by atoms with Gasteiger partial charge in [-0.2, -0.15) is 0 Å². The first kappa shape index (κ1) is 17.2. The Morgan fingerprint density at radius 2 is 2.04 bits per heavy atom. The second-order valence-corrected chi connectivity index (χ2v) is 5.35. The topological polar surface area (TPSA) is 118 Å². The smallest absolute Gasteiger partial charge is 0.270 e. The van der Waals surface area contributed by atoms with Gasteiger partial charge in [-0.3, -0.25) is 20.3 Å². The predicted molar refractivity (Wildman–Crippen MR) is 94.3 cm³/mol. The van der Waals surface area contributed by atoms with Crippen LogP contribution in [0.1, 0.15) is 17.3 Å². The number of nitrogens with zero attached hydrogens (tertiary/aromatic N) is 1. The summed E-state index contributed by atoms with van der Waals surface area (Å²) < 4.78 is 10.8. The number of ether oxygens (including phenoxy) is 1. The number of benzene rings is 2. The quantitative estimate of drug-likeness (QED) is 0.538. The molecule has 0 bridgehead atoms. The number of amides is 1. The zero-order chi connectivity index (χ0) is 18.7. The molecule has 1 heterocycles. The van der Waals surface area contributed by atoms with E-state index in [0.29, 0.717) is 23.4 Å². The second kappa shape index (κ2) is 7.06. The Morgan fingerprint density at radius 3 is 2.77 bits per heavy atom. The molecule has 0 saturated carbocycles. The molecule has 1 amide bonds. The molecule has 0 spiro atoms. The van der Waals surface area contributed by atoms with Crippen LogP contribution in [0, 0.1) is 15.5 Å². The van der Waals surface area contributed by atoms with E-state index in [0.717, 1.165) is 0 Å². The fraction of sp³-hybridized carbons (Fsp3) is 0.111. The molecule has 3 aromatic rings. The van der Waals surface area contributed by atoms with Crippen molar-refractivity contribution in [2.75, 3.05) is 11.9 Å². The van der Waals surface area contributed by atoms with Crippen LogP contribution in [-0.2, 0) is 0 Å². The summed E-state index contributed by atoms with van der Waals surface area (Å²) in [7, 11) is 0. The summed E-state index contributed by atoms with van der Waals surface area (Å²) in [5, 5.41) is 21.9. The van der Waals surface area contributed by atoms with E-state index in [1.54, 1.807) is 24.3 Å². The third-order valence-electron chi connectivity index (χ3n) is 3.64. The number of anilines is 1. The maximum absolute atomic E-state index is 12.6. The van der Waals surface area contributed by atoms with Crippen LogP contribution in [-0.4, -0.2) is 17.4 Å². The minimum atomic E-state index is -0.570. The van der Waals surface area contributed by atoms with Crippen LogP contribution < -0.4 is 15.6 Å². The lowest BCUT2D eigenvalue weighted by Crippen LogP contribution is -2.21. The van der Waals surface area contributed by atoms with Crippen LogP contribution in [0.5, 0.6) is 5.75 Å². The van der Waals surface area contributed by atoms with Crippen molar-refractivity contribution in [3.8, 4) is 5.75 Å². The van der Waals surface area contributed by atoms with E-state index < -0.39 is 10.8 Å². The standard InChI is InChI=1S/C18H15N3O5/c1-2-25-16-6-4-3-5-14(16)20-18(22)13-10-11-9-12(21(23)24)7-8-15(11)26-17(13)19/h3-10,19H,2H2,1H3,(H,20,22). The number of hydrogen-bond donors (Lipinski definition) is 2. The number of carbonyl (C=O) groups is 1. The van der Waals surface area contributed by atoms with Gasteiger partial charge in [0.25, 0.3) is 11.6 Å². The molecule has 0 fully saturated rings. The van der Waals surface area contributed by atoms with Gasteiger partial charge in [0.15, 0.2) is 0 Å². The van der Waals surface area contributed by atoms with E-state index in [9.17, 15) is 14.9 Å². The number of rotatable bonds is 5. The number of fused-ring (bicyclic) bond motifs is 1. The Bertz CT molecular complexity index is 1060. The number of nitro groups is 1. The maximum Gasteiger partial charge on any atom is 0.270 e. The molecule has 8 nitrogen and oxygen atoms in total. The molecule has 8 heteroatoms. The lowest BCUT2D eigenvalue weighted by molar-refractivity contribution is -0.384. The Labute approximate surface area is 147 Å². The van der Waals surface area contributed by atoms with Crippen LogP contribution >= 0.6 is 0 Å². The molecule has 2 N–H and O–H groups in total. The molecule has 0 aliphatic rings. The van der Waals surface area contributed by atoms with E-state index >= 15 is 0 Å². The summed E-state index contributed by atoms with van der Waals surface area (Å²) in [6.45, 7) is 2.27. The zero-order valence-corrected chi connectivity index (χ0v) is 13.8. The average Bonchev–Trinajstić information content (AvgIpc) is 2.62. The van der Waals surface area contributed by atoms with Gasteiger partial charge >= 0.3 is 0 Å². The number of carbonyl (C=O) groups excluding carboxylic acids is 1. The number of nitrogens with one attached hydrogen (secondary N) is 2. The van der Waals surface area contributed by atoms with E-state index in [4.69, 9.17) is 14.6 Å². The number of hydrogen-bond acceptors (Lipinski definition) is 6. The molecule has 0 aliphatic carbocycles. The molecule has 0 saturated heterocycles. The maximum atomic E-state index is 12.6. The summed E-state index contributed by atoms with van der Waals surface area (Å²) in [5.74, 6) is -0.0671. The molecule has 26 heavy (non-hydrogen) atoms. The van der Waals surface area contributed by atoms with Gasteiger partial charge in [-0.05, 0) is 31.2 Å². The Balaban J connectivity index is 1.99. The fourth-order valence-electron chi connectivity index (χ4n) is 2.45. The monoisotopic (exact) mass is 353 g/mol. The third-order valence-corrected chi connectivity index (χ3v) is 3.64. The van der Waals surface area contributed by atoms with E-state index in [-0.39, 0.29) is 22.4 Å². The first-order chi connectivity index (χ1) is 12.5. The van der Waals surface area contributed by atoms with Gasteiger partial charge in [-0.1, -0.05) is 12.1 Å². The molecule has 3 rings (SSSR count). The summed E-state index contributed by atoms with van der Waals surface area (Å²) >= 11 is 0. The third kappa shape index (κ3) is 3.39. The van der Waals surface area contributed by atoms with E-state index in [1.807, 2.05) is 6.92 Å². The first-order valence-corrected chi connectivity index (χ1v) is 7.79. The van der Waals surface area contributed by atoms with Crippen molar-refractivity contribution in [3.63, 3.8) is 0 Å². The van der Waals surface area contributed by atoms with Crippen molar-refractivity contribution in [1.29, 1.82) is 5.41 Å². The van der Waals surface area contributed by atoms with Gasteiger partial charge in [0.1, 0.15) is 16.9 Å². The summed E-state index contributed by atoms with van der Waals surface area (Å²) in [6.07, 6.45) is 0. The molecule has 2 aromatic carbocycles. The Hall–Kier alpha value is -3.68. The normalized spacial score (nSPS) is 10.5. The van der Waals surface area contributed by atoms with Crippen molar-refractivity contribution in [1.82, 2.24) is 0 Å². The van der Waals surface area contributed by atoms with Crippen molar-refractivity contribution >= 4 is 28.3 Å². The van der Waals surface area contributed by atoms with E-state index in [1.165, 1.54) is 24.3 Å². The molecule has 1 aromatic heterocycles. The highest BCUT2D eigenvalue weighted by molar-refractivity contribution is 6.06. The predicted octanol–water partition coefficient (Wildman–Crippen LogP) is 3.47. The molecular formula is C18H15N3O5. The minimum absolute atomic E-state index is 0.0377. The van der Waals surface area contributed by atoms with E-state index in [2.05, 4.69) is 5.32 Å². The van der Waals surface area contributed by atoms with Crippen LogP contribution in [0.2, 0.25) is 0 Å². The average molecular weight is 353 g/mol. The highest BCUT2D eigenvalue weighted by atomic mass is 16.6. The van der Waals surface area contributed by atoms with Crippen molar-refractivity contribution in [2.24, 2.45) is 0 Å². The lowest BCUT2D eigenvalue weighted by Gasteiger charge is -2.11. The molecule has 0 unspecified atom stereocenters. The number of non-ortho nitro benzene ring substituents is 1. The molecule has 0 radical (unpaired) electrons. The second-order valence-electron chi connectivity index (χ2n) is 5.35. The van der Waals surface area contributed by atoms with Gasteiger partial charge in [-0.25, -0.2) is 0 Å². The number of nitro benzene ring substituents is 1. The Morgan fingerprint density at radius 1 is 1.27 bits per heavy atom. The molecule has 0 atom stereocenters. The number of para-hydroxylation sites is 2. The zero-order valence-electron chi connectivity index (χ0n) is 13.8. The van der Waals surface area contributed by atoms with Gasteiger partial charge in [-0.15, -0.1) is 0 Å². The minimum Gasteiger partial charge on any atom is -0.492 e. The van der Waals surface area contributed by atoms with Gasteiger partial charge in [0.2, 0.25) is 5.55 Å². The van der Waals surface area contributed by atoms with Crippen molar-refractivity contribution in [3.05, 3.63) is 69.8 Å². The highest BCUT2D eigenvalue weighted by Crippen LogP contribution is 2.25. The van der Waals surface area contributed by atoms with Crippen LogP contribution in [0.25, 0.3) is 11.0 Å². The summed E-state index contributed by atoms with van der Waals surface area (Å²) in [6, 6.07) is 12.3. The SMILES string of the molecule is CCOc1ccccc1NC(=O)c1cc2cc([N+](=O)[O-])ccc2oc1=N. The first-order valence-electron chi connectivity index (χ1n) is 7.79. The summed E-state index contributed by atoms with van der Waals surface area (Å²) in [5.41, 5.74) is 0.241. The van der Waals surface area contributed by atoms with Gasteiger partial charge in [0, 0.05) is 17.5 Å². The van der Waals surface area contributed by atoms with Gasteiger partial charge < -0.3 is 14.5 Å². The Kier molecular flexibility index (Phi) is 4.66. The van der Waals surface area contributed by atoms with Gasteiger partial charge in [0.05, 0.1) is 17.2 Å². The fourth-order valence-corrected chi connectivity index (χ4v) is 2.45. The van der Waals surface area contributed by atoms with Crippen LogP contribution in [0.3, 0.4) is 0 Å². The molecule has 0 aliphatic heterocycles. The summed E-state index contributed by atoms with van der Waals surface area (Å²) in [4.78, 5) is 23.0. The largest absolute Gasteiger partial charge is 0.492 e.